The maximum absolute atomic E-state index is 12.2. The van der Waals surface area contributed by atoms with Crippen LogP contribution in [0.3, 0.4) is 0 Å². The molecule has 0 bridgehead atoms. The minimum absolute atomic E-state index is 0.0825. The van der Waals surface area contributed by atoms with Crippen molar-refractivity contribution < 1.29 is 22.7 Å². The summed E-state index contributed by atoms with van der Waals surface area (Å²) < 4.78 is 31.1. The Morgan fingerprint density at radius 2 is 1.62 bits per heavy atom. The van der Waals surface area contributed by atoms with Gasteiger partial charge in [-0.1, -0.05) is 19.1 Å². The van der Waals surface area contributed by atoms with Gasteiger partial charge in [-0.05, 0) is 55.4 Å². The van der Waals surface area contributed by atoms with Crippen LogP contribution in [0.1, 0.15) is 42.1 Å². The summed E-state index contributed by atoms with van der Waals surface area (Å²) in [6, 6.07) is 13.1. The third-order valence-electron chi connectivity index (χ3n) is 4.22. The van der Waals surface area contributed by atoms with Crippen molar-refractivity contribution in [1.29, 1.82) is 0 Å². The van der Waals surface area contributed by atoms with Crippen molar-refractivity contribution in [2.45, 2.75) is 37.6 Å². The SMILES string of the molecule is CCCOc1ccc(C(=O)CCC(=O)NCc2ccc(S(=O)(=O)NC)cc2)cc1. The lowest BCUT2D eigenvalue weighted by Gasteiger charge is -2.07. The Hall–Kier alpha value is -2.71. The summed E-state index contributed by atoms with van der Waals surface area (Å²) in [4.78, 5) is 24.4. The van der Waals surface area contributed by atoms with Crippen LogP contribution in [-0.4, -0.2) is 33.8 Å². The zero-order chi connectivity index (χ0) is 21.3. The molecule has 0 saturated heterocycles. The average Bonchev–Trinajstić information content (AvgIpc) is 2.75. The minimum atomic E-state index is -3.48. The lowest BCUT2D eigenvalue weighted by Crippen LogP contribution is -2.23. The summed E-state index contributed by atoms with van der Waals surface area (Å²) >= 11 is 0. The molecule has 0 fully saturated rings. The molecule has 0 aromatic heterocycles. The molecule has 0 spiro atoms. The lowest BCUT2D eigenvalue weighted by molar-refractivity contribution is -0.121. The maximum atomic E-state index is 12.2. The topological polar surface area (TPSA) is 102 Å². The molecule has 0 aliphatic rings. The van der Waals surface area contributed by atoms with Gasteiger partial charge in [-0.25, -0.2) is 13.1 Å². The number of rotatable bonds is 11. The highest BCUT2D eigenvalue weighted by molar-refractivity contribution is 7.89. The Bertz CT molecular complexity index is 923. The van der Waals surface area contributed by atoms with Crippen LogP contribution in [-0.2, 0) is 21.4 Å². The first-order valence-corrected chi connectivity index (χ1v) is 10.9. The number of carbonyl (C=O) groups excluding carboxylic acids is 2. The summed E-state index contributed by atoms with van der Waals surface area (Å²) in [6.07, 6.45) is 1.11. The standard InChI is InChI=1S/C21H26N2O5S/c1-3-14-28-18-8-6-17(7-9-18)20(24)12-13-21(25)23-15-16-4-10-19(11-5-16)29(26,27)22-2/h4-11,22H,3,12-15H2,1-2H3,(H,23,25). The fourth-order valence-corrected chi connectivity index (χ4v) is 3.25. The third kappa shape index (κ3) is 6.99. The van der Waals surface area contributed by atoms with E-state index in [1.807, 2.05) is 6.92 Å². The van der Waals surface area contributed by atoms with E-state index >= 15 is 0 Å². The van der Waals surface area contributed by atoms with Gasteiger partial charge in [-0.15, -0.1) is 0 Å². The molecule has 0 unspecified atom stereocenters. The smallest absolute Gasteiger partial charge is 0.240 e. The molecule has 2 aromatic carbocycles. The van der Waals surface area contributed by atoms with Gasteiger partial charge >= 0.3 is 0 Å². The van der Waals surface area contributed by atoms with Gasteiger partial charge in [-0.3, -0.25) is 9.59 Å². The van der Waals surface area contributed by atoms with Crippen LogP contribution in [0.4, 0.5) is 0 Å². The van der Waals surface area contributed by atoms with Crippen LogP contribution in [0.25, 0.3) is 0 Å². The summed E-state index contributed by atoms with van der Waals surface area (Å²) in [7, 11) is -2.13. The van der Waals surface area contributed by atoms with Crippen LogP contribution < -0.4 is 14.8 Å². The molecule has 8 heteroatoms. The van der Waals surface area contributed by atoms with E-state index in [-0.39, 0.29) is 36.0 Å². The molecule has 29 heavy (non-hydrogen) atoms. The number of Topliss-reactive ketones (excluding diaryl/α,β-unsaturated/α-hetero) is 1. The number of ether oxygens (including phenoxy) is 1. The number of sulfonamides is 1. The number of amides is 1. The maximum Gasteiger partial charge on any atom is 0.240 e. The molecule has 2 N–H and O–H groups in total. The van der Waals surface area contributed by atoms with E-state index in [0.29, 0.717) is 12.2 Å². The molecule has 0 aliphatic heterocycles. The van der Waals surface area contributed by atoms with Crippen molar-refractivity contribution in [2.75, 3.05) is 13.7 Å². The van der Waals surface area contributed by atoms with Gasteiger partial charge in [0.25, 0.3) is 0 Å². The summed E-state index contributed by atoms with van der Waals surface area (Å²) in [5.41, 5.74) is 1.31. The van der Waals surface area contributed by atoms with Gasteiger partial charge in [0.2, 0.25) is 15.9 Å². The zero-order valence-electron chi connectivity index (χ0n) is 16.6. The molecule has 2 aromatic rings. The number of carbonyl (C=O) groups is 2. The number of hydrogen-bond donors (Lipinski definition) is 2. The second-order valence-electron chi connectivity index (χ2n) is 6.42. The number of nitrogens with one attached hydrogen (secondary N) is 2. The van der Waals surface area contributed by atoms with E-state index < -0.39 is 10.0 Å². The molecule has 0 atom stereocenters. The van der Waals surface area contributed by atoms with E-state index in [9.17, 15) is 18.0 Å². The Morgan fingerprint density at radius 3 is 2.21 bits per heavy atom. The first-order valence-electron chi connectivity index (χ1n) is 9.41. The zero-order valence-corrected chi connectivity index (χ0v) is 17.4. The second-order valence-corrected chi connectivity index (χ2v) is 8.31. The van der Waals surface area contributed by atoms with E-state index in [4.69, 9.17) is 4.74 Å². The van der Waals surface area contributed by atoms with Crippen LogP contribution in [0.15, 0.2) is 53.4 Å². The van der Waals surface area contributed by atoms with Crippen LogP contribution in [0, 0.1) is 0 Å². The molecular formula is C21H26N2O5S. The third-order valence-corrected chi connectivity index (χ3v) is 5.65. The monoisotopic (exact) mass is 418 g/mol. The molecular weight excluding hydrogens is 392 g/mol. The minimum Gasteiger partial charge on any atom is -0.494 e. The van der Waals surface area contributed by atoms with Crippen molar-refractivity contribution in [3.63, 3.8) is 0 Å². The number of hydrogen-bond acceptors (Lipinski definition) is 5. The first kappa shape index (κ1) is 22.6. The summed E-state index contributed by atoms with van der Waals surface area (Å²) in [5, 5.41) is 2.73. The van der Waals surface area contributed by atoms with Crippen molar-refractivity contribution in [1.82, 2.24) is 10.0 Å². The molecule has 0 heterocycles. The molecule has 156 valence electrons. The van der Waals surface area contributed by atoms with E-state index in [0.717, 1.165) is 17.7 Å². The highest BCUT2D eigenvalue weighted by Crippen LogP contribution is 2.14. The highest BCUT2D eigenvalue weighted by atomic mass is 32.2. The van der Waals surface area contributed by atoms with Crippen molar-refractivity contribution in [2.24, 2.45) is 0 Å². The van der Waals surface area contributed by atoms with Gasteiger partial charge in [0.1, 0.15) is 5.75 Å². The summed E-state index contributed by atoms with van der Waals surface area (Å²) in [6.45, 7) is 2.91. The normalized spacial score (nSPS) is 11.1. The van der Waals surface area contributed by atoms with Gasteiger partial charge in [0, 0.05) is 24.9 Å². The fraction of sp³-hybridized carbons (Fsp3) is 0.333. The van der Waals surface area contributed by atoms with Crippen molar-refractivity contribution >= 4 is 21.7 Å². The van der Waals surface area contributed by atoms with E-state index in [1.165, 1.54) is 19.2 Å². The fourth-order valence-electron chi connectivity index (χ4n) is 2.52. The molecule has 0 saturated carbocycles. The van der Waals surface area contributed by atoms with Crippen LogP contribution >= 0.6 is 0 Å². The van der Waals surface area contributed by atoms with Gasteiger partial charge in [0.05, 0.1) is 11.5 Å². The second kappa shape index (κ2) is 10.7. The van der Waals surface area contributed by atoms with Gasteiger partial charge in [0.15, 0.2) is 5.78 Å². The largest absolute Gasteiger partial charge is 0.494 e. The Labute approximate surface area is 171 Å². The molecule has 0 aliphatic carbocycles. The van der Waals surface area contributed by atoms with Crippen molar-refractivity contribution in [3.8, 4) is 5.75 Å². The Balaban J connectivity index is 1.78. The molecule has 7 nitrogen and oxygen atoms in total. The number of benzene rings is 2. The van der Waals surface area contributed by atoms with Crippen LogP contribution in [0.5, 0.6) is 5.75 Å². The van der Waals surface area contributed by atoms with Crippen LogP contribution in [0.2, 0.25) is 0 Å². The Morgan fingerprint density at radius 1 is 0.966 bits per heavy atom. The van der Waals surface area contributed by atoms with Gasteiger partial charge < -0.3 is 10.1 Å². The average molecular weight is 419 g/mol. The predicted molar refractivity (Wildman–Crippen MR) is 110 cm³/mol. The molecule has 0 radical (unpaired) electrons. The predicted octanol–water partition coefficient (Wildman–Crippen LogP) is 2.66. The van der Waals surface area contributed by atoms with E-state index in [1.54, 1.807) is 36.4 Å². The van der Waals surface area contributed by atoms with E-state index in [2.05, 4.69) is 10.0 Å². The Kier molecular flexibility index (Phi) is 8.35. The van der Waals surface area contributed by atoms with Gasteiger partial charge in [-0.2, -0.15) is 0 Å². The number of ketones is 1. The quantitative estimate of drug-likeness (QED) is 0.546. The van der Waals surface area contributed by atoms with Crippen molar-refractivity contribution in [3.05, 3.63) is 59.7 Å². The molecule has 1 amide bonds. The highest BCUT2D eigenvalue weighted by Gasteiger charge is 2.12. The summed E-state index contributed by atoms with van der Waals surface area (Å²) in [5.74, 6) is 0.367. The first-order chi connectivity index (χ1) is 13.9. The molecule has 2 rings (SSSR count). The lowest BCUT2D eigenvalue weighted by atomic mass is 10.1.